The van der Waals surface area contributed by atoms with Gasteiger partial charge in [0.25, 0.3) is 0 Å². The smallest absolute Gasteiger partial charge is 0.142 e. The van der Waals surface area contributed by atoms with Gasteiger partial charge in [-0.25, -0.2) is 0 Å². The van der Waals surface area contributed by atoms with Crippen molar-refractivity contribution in [2.24, 2.45) is 5.73 Å². The normalized spacial score (nSPS) is 18.5. The molecule has 3 heteroatoms. The second-order valence-electron chi connectivity index (χ2n) is 4.03. The Morgan fingerprint density at radius 3 is 3.00 bits per heavy atom. The van der Waals surface area contributed by atoms with Gasteiger partial charge in [-0.15, -0.1) is 0 Å². The lowest BCUT2D eigenvalue weighted by atomic mass is 9.93. The zero-order valence-electron chi connectivity index (χ0n) is 9.34. The summed E-state index contributed by atoms with van der Waals surface area (Å²) in [5.74, 6) is 1.48. The molecule has 0 aliphatic carbocycles. The van der Waals surface area contributed by atoms with Crippen LogP contribution in [0.3, 0.4) is 0 Å². The second-order valence-corrected chi connectivity index (χ2v) is 4.03. The highest BCUT2D eigenvalue weighted by atomic mass is 16.5. The number of rotatable bonds is 3. The maximum atomic E-state index is 5.63. The van der Waals surface area contributed by atoms with E-state index in [0.717, 1.165) is 30.9 Å². The topological polar surface area (TPSA) is 47.3 Å². The van der Waals surface area contributed by atoms with Crippen molar-refractivity contribution in [3.8, 4) is 5.75 Å². The minimum atomic E-state index is 0.542. The molecule has 1 aliphatic rings. The molecule has 3 nitrogen and oxygen atoms in total. The number of benzene rings is 1. The van der Waals surface area contributed by atoms with Crippen LogP contribution in [-0.4, -0.2) is 20.2 Å². The van der Waals surface area contributed by atoms with E-state index in [9.17, 15) is 0 Å². The molecule has 1 aromatic rings. The molecule has 15 heavy (non-hydrogen) atoms. The Hall–Kier alpha value is -1.22. The summed E-state index contributed by atoms with van der Waals surface area (Å²) in [4.78, 5) is 0. The third-order valence-corrected chi connectivity index (χ3v) is 3.09. The largest absolute Gasteiger partial charge is 0.495 e. The highest BCUT2D eigenvalue weighted by Gasteiger charge is 2.25. The van der Waals surface area contributed by atoms with Crippen LogP contribution in [-0.2, 0) is 0 Å². The molecule has 1 aromatic carbocycles. The fourth-order valence-corrected chi connectivity index (χ4v) is 2.36. The zero-order chi connectivity index (χ0) is 10.8. The summed E-state index contributed by atoms with van der Waals surface area (Å²) >= 11 is 0. The number of aryl methyl sites for hydroxylation is 1. The summed E-state index contributed by atoms with van der Waals surface area (Å²) < 4.78 is 5.34. The Morgan fingerprint density at radius 2 is 2.33 bits per heavy atom. The summed E-state index contributed by atoms with van der Waals surface area (Å²) in [6.45, 7) is 3.87. The van der Waals surface area contributed by atoms with Gasteiger partial charge < -0.3 is 15.8 Å². The molecular weight excluding hydrogens is 188 g/mol. The Bertz CT molecular complexity index is 363. The molecule has 1 unspecified atom stereocenters. The Morgan fingerprint density at radius 1 is 1.53 bits per heavy atom. The lowest BCUT2D eigenvalue weighted by Crippen LogP contribution is -2.09. The highest BCUT2D eigenvalue weighted by molar-refractivity contribution is 5.69. The van der Waals surface area contributed by atoms with E-state index in [1.165, 1.54) is 11.1 Å². The third-order valence-electron chi connectivity index (χ3n) is 3.09. The van der Waals surface area contributed by atoms with Crippen molar-refractivity contribution in [1.82, 2.24) is 0 Å². The Labute approximate surface area is 90.6 Å². The number of ether oxygens (including phenoxy) is 1. The van der Waals surface area contributed by atoms with E-state index in [-0.39, 0.29) is 0 Å². The minimum Gasteiger partial charge on any atom is -0.495 e. The molecule has 3 N–H and O–H groups in total. The SMILES string of the molecule is COc1ccc(C)c2c1NCC2CCN. The van der Waals surface area contributed by atoms with E-state index in [0.29, 0.717) is 5.92 Å². The summed E-state index contributed by atoms with van der Waals surface area (Å²) in [5, 5.41) is 3.41. The van der Waals surface area contributed by atoms with Crippen molar-refractivity contribution >= 4 is 5.69 Å². The van der Waals surface area contributed by atoms with E-state index in [1.807, 2.05) is 6.07 Å². The van der Waals surface area contributed by atoms with Gasteiger partial charge in [0, 0.05) is 12.5 Å². The van der Waals surface area contributed by atoms with Crippen molar-refractivity contribution in [2.45, 2.75) is 19.3 Å². The molecular formula is C12H18N2O. The van der Waals surface area contributed by atoms with Gasteiger partial charge >= 0.3 is 0 Å². The van der Waals surface area contributed by atoms with Gasteiger partial charge in [0.15, 0.2) is 0 Å². The standard InChI is InChI=1S/C12H18N2O/c1-8-3-4-10(15-2)12-11(8)9(5-6-13)7-14-12/h3-4,9,14H,5-7,13H2,1-2H3. The number of nitrogens with one attached hydrogen (secondary N) is 1. The first kappa shape index (κ1) is 10.3. The van der Waals surface area contributed by atoms with Crippen molar-refractivity contribution in [3.63, 3.8) is 0 Å². The van der Waals surface area contributed by atoms with Crippen LogP contribution >= 0.6 is 0 Å². The molecule has 0 bridgehead atoms. The summed E-state index contributed by atoms with van der Waals surface area (Å²) in [6, 6.07) is 4.14. The van der Waals surface area contributed by atoms with Crippen molar-refractivity contribution in [1.29, 1.82) is 0 Å². The average molecular weight is 206 g/mol. The fraction of sp³-hybridized carbons (Fsp3) is 0.500. The summed E-state index contributed by atoms with van der Waals surface area (Å²) in [6.07, 6.45) is 1.04. The van der Waals surface area contributed by atoms with Gasteiger partial charge in [0.1, 0.15) is 5.75 Å². The summed E-state index contributed by atoms with van der Waals surface area (Å²) in [7, 11) is 1.71. The predicted octanol–water partition coefficient (Wildman–Crippen LogP) is 1.86. The quantitative estimate of drug-likeness (QED) is 0.793. The number of fused-ring (bicyclic) bond motifs is 1. The van der Waals surface area contributed by atoms with E-state index >= 15 is 0 Å². The second kappa shape index (κ2) is 4.11. The number of nitrogens with two attached hydrogens (primary N) is 1. The zero-order valence-corrected chi connectivity index (χ0v) is 9.34. The number of methoxy groups -OCH3 is 1. The first-order chi connectivity index (χ1) is 7.27. The molecule has 0 saturated heterocycles. The van der Waals surface area contributed by atoms with Crippen LogP contribution in [0.15, 0.2) is 12.1 Å². The van der Waals surface area contributed by atoms with Gasteiger partial charge in [-0.1, -0.05) is 6.07 Å². The van der Waals surface area contributed by atoms with Crippen molar-refractivity contribution in [2.75, 3.05) is 25.5 Å². The van der Waals surface area contributed by atoms with Gasteiger partial charge in [0.05, 0.1) is 12.8 Å². The maximum Gasteiger partial charge on any atom is 0.142 e. The third kappa shape index (κ3) is 1.67. The van der Waals surface area contributed by atoms with Crippen LogP contribution in [0.25, 0.3) is 0 Å². The van der Waals surface area contributed by atoms with Crippen LogP contribution in [0.4, 0.5) is 5.69 Å². The van der Waals surface area contributed by atoms with Crippen molar-refractivity contribution in [3.05, 3.63) is 23.3 Å². The van der Waals surface area contributed by atoms with Crippen LogP contribution < -0.4 is 15.8 Å². The molecule has 1 atom stereocenters. The van der Waals surface area contributed by atoms with E-state index in [1.54, 1.807) is 7.11 Å². The van der Waals surface area contributed by atoms with Gasteiger partial charge in [0.2, 0.25) is 0 Å². The first-order valence-corrected chi connectivity index (χ1v) is 5.39. The molecule has 0 amide bonds. The molecule has 0 saturated carbocycles. The Kier molecular flexibility index (Phi) is 2.82. The number of anilines is 1. The molecule has 0 fully saturated rings. The monoisotopic (exact) mass is 206 g/mol. The molecule has 0 aromatic heterocycles. The lowest BCUT2D eigenvalue weighted by molar-refractivity contribution is 0.416. The molecule has 0 spiro atoms. The molecule has 1 heterocycles. The van der Waals surface area contributed by atoms with Crippen LogP contribution in [0.2, 0.25) is 0 Å². The lowest BCUT2D eigenvalue weighted by Gasteiger charge is -2.13. The molecule has 82 valence electrons. The maximum absolute atomic E-state index is 5.63. The average Bonchev–Trinajstić information content (AvgIpc) is 2.64. The van der Waals surface area contributed by atoms with Gasteiger partial charge in [-0.3, -0.25) is 0 Å². The predicted molar refractivity (Wildman–Crippen MR) is 62.6 cm³/mol. The van der Waals surface area contributed by atoms with E-state index < -0.39 is 0 Å². The van der Waals surface area contributed by atoms with Crippen LogP contribution in [0.1, 0.15) is 23.5 Å². The Balaban J connectivity index is 2.42. The fourth-order valence-electron chi connectivity index (χ4n) is 2.36. The van der Waals surface area contributed by atoms with Crippen molar-refractivity contribution < 1.29 is 4.74 Å². The van der Waals surface area contributed by atoms with E-state index in [2.05, 4.69) is 18.3 Å². The number of hydrogen-bond donors (Lipinski definition) is 2. The molecule has 1 aliphatic heterocycles. The van der Waals surface area contributed by atoms with Crippen LogP contribution in [0.5, 0.6) is 5.75 Å². The number of hydrogen-bond acceptors (Lipinski definition) is 3. The van der Waals surface area contributed by atoms with Crippen LogP contribution in [0, 0.1) is 6.92 Å². The minimum absolute atomic E-state index is 0.542. The highest BCUT2D eigenvalue weighted by Crippen LogP contribution is 2.41. The molecule has 2 rings (SSSR count). The van der Waals surface area contributed by atoms with E-state index in [4.69, 9.17) is 10.5 Å². The molecule has 0 radical (unpaired) electrons. The van der Waals surface area contributed by atoms with Gasteiger partial charge in [-0.2, -0.15) is 0 Å². The first-order valence-electron chi connectivity index (χ1n) is 5.39. The van der Waals surface area contributed by atoms with Gasteiger partial charge in [-0.05, 0) is 37.1 Å². The summed E-state index contributed by atoms with van der Waals surface area (Å²) in [5.41, 5.74) is 9.51.